The number of nitrogens with one attached hydrogen (secondary N) is 1. The second kappa shape index (κ2) is 10.5. The van der Waals surface area contributed by atoms with Crippen LogP contribution in [0.3, 0.4) is 0 Å². The van der Waals surface area contributed by atoms with Crippen molar-refractivity contribution in [2.24, 2.45) is 0 Å². The van der Waals surface area contributed by atoms with Gasteiger partial charge in [0, 0.05) is 18.2 Å². The molecule has 36 heavy (non-hydrogen) atoms. The van der Waals surface area contributed by atoms with Crippen LogP contribution in [-0.2, 0) is 11.2 Å². The number of benzene rings is 3. The number of hydrogen-bond acceptors (Lipinski definition) is 3. The molecular formula is C31H29N3O2. The van der Waals surface area contributed by atoms with Gasteiger partial charge in [0.25, 0.3) is 0 Å². The number of rotatable bonds is 8. The normalized spacial score (nSPS) is 11.8. The molecule has 1 amide bonds. The zero-order valence-corrected chi connectivity index (χ0v) is 20.5. The van der Waals surface area contributed by atoms with E-state index < -0.39 is 0 Å². The van der Waals surface area contributed by atoms with Crippen LogP contribution in [0.1, 0.15) is 30.6 Å². The summed E-state index contributed by atoms with van der Waals surface area (Å²) in [4.78, 5) is 17.9. The minimum absolute atomic E-state index is 0.0112. The molecule has 0 aliphatic carbocycles. The summed E-state index contributed by atoms with van der Waals surface area (Å²) in [5, 5.41) is 3.13. The van der Waals surface area contributed by atoms with Gasteiger partial charge in [-0.3, -0.25) is 4.79 Å². The number of hydrogen-bond donors (Lipinski definition) is 1. The van der Waals surface area contributed by atoms with Gasteiger partial charge in [-0.1, -0.05) is 72.8 Å². The first-order valence-electron chi connectivity index (χ1n) is 12.2. The monoisotopic (exact) mass is 475 g/mol. The number of aryl methyl sites for hydroxylation is 1. The number of aromatic nitrogens is 2. The standard InChI is InChI=1S/C31H29N3O2/c1-22(23-10-5-3-6-11-23)32-30(35)19-17-28-31(25-14-9-15-27(20-25)36-2)33-29-18-16-26(21-34(28)29)24-12-7-4-8-13-24/h3-16,18,20-22H,17,19H2,1-2H3,(H,32,35). The molecule has 0 bridgehead atoms. The lowest BCUT2D eigenvalue weighted by Crippen LogP contribution is -2.26. The third-order valence-electron chi connectivity index (χ3n) is 6.43. The van der Waals surface area contributed by atoms with Crippen molar-refractivity contribution in [2.45, 2.75) is 25.8 Å². The third-order valence-corrected chi connectivity index (χ3v) is 6.43. The van der Waals surface area contributed by atoms with E-state index in [0.29, 0.717) is 12.8 Å². The molecule has 2 aromatic heterocycles. The van der Waals surface area contributed by atoms with Crippen molar-refractivity contribution in [3.63, 3.8) is 0 Å². The fourth-order valence-electron chi connectivity index (χ4n) is 4.51. The van der Waals surface area contributed by atoms with E-state index >= 15 is 0 Å². The summed E-state index contributed by atoms with van der Waals surface area (Å²) in [5.74, 6) is 0.784. The van der Waals surface area contributed by atoms with Crippen molar-refractivity contribution in [1.82, 2.24) is 14.7 Å². The van der Waals surface area contributed by atoms with Crippen LogP contribution in [0.4, 0.5) is 0 Å². The van der Waals surface area contributed by atoms with Crippen molar-refractivity contribution in [3.8, 4) is 28.1 Å². The van der Waals surface area contributed by atoms with E-state index in [0.717, 1.165) is 45.0 Å². The van der Waals surface area contributed by atoms with Gasteiger partial charge in [-0.15, -0.1) is 0 Å². The number of fused-ring (bicyclic) bond motifs is 1. The van der Waals surface area contributed by atoms with Crippen LogP contribution in [-0.4, -0.2) is 22.4 Å². The number of nitrogens with zero attached hydrogens (tertiary/aromatic N) is 2. The number of carbonyl (C=O) groups is 1. The quantitative estimate of drug-likeness (QED) is 0.279. The zero-order valence-electron chi connectivity index (χ0n) is 20.5. The van der Waals surface area contributed by atoms with E-state index in [1.54, 1.807) is 7.11 Å². The van der Waals surface area contributed by atoms with Gasteiger partial charge in [0.1, 0.15) is 11.4 Å². The van der Waals surface area contributed by atoms with E-state index in [-0.39, 0.29) is 11.9 Å². The Bertz CT molecular complexity index is 1480. The maximum Gasteiger partial charge on any atom is 0.220 e. The number of carbonyl (C=O) groups excluding carboxylic acids is 1. The van der Waals surface area contributed by atoms with Gasteiger partial charge in [-0.2, -0.15) is 0 Å². The third kappa shape index (κ3) is 5.01. The summed E-state index contributed by atoms with van der Waals surface area (Å²) in [6.45, 7) is 2.01. The molecule has 5 aromatic rings. The molecule has 1 unspecified atom stereocenters. The number of amides is 1. The highest BCUT2D eigenvalue weighted by Gasteiger charge is 2.17. The minimum atomic E-state index is -0.0524. The van der Waals surface area contributed by atoms with Crippen molar-refractivity contribution < 1.29 is 9.53 Å². The Kier molecular flexibility index (Phi) is 6.80. The predicted octanol–water partition coefficient (Wildman–Crippen LogP) is 6.49. The number of pyridine rings is 1. The highest BCUT2D eigenvalue weighted by Crippen LogP contribution is 2.30. The molecule has 1 atom stereocenters. The zero-order chi connectivity index (χ0) is 24.9. The molecule has 0 fully saturated rings. The SMILES string of the molecule is COc1cccc(-c2nc3ccc(-c4ccccc4)cn3c2CCC(=O)NC(C)c2ccccc2)c1. The van der Waals surface area contributed by atoms with Gasteiger partial charge in [-0.05, 0) is 54.3 Å². The van der Waals surface area contributed by atoms with Gasteiger partial charge < -0.3 is 14.5 Å². The summed E-state index contributed by atoms with van der Waals surface area (Å²) in [6.07, 6.45) is 3.03. The van der Waals surface area contributed by atoms with Crippen molar-refractivity contribution in [3.05, 3.63) is 115 Å². The minimum Gasteiger partial charge on any atom is -0.497 e. The van der Waals surface area contributed by atoms with Gasteiger partial charge >= 0.3 is 0 Å². The summed E-state index contributed by atoms with van der Waals surface area (Å²) in [6, 6.07) is 32.3. The van der Waals surface area contributed by atoms with Gasteiger partial charge in [0.15, 0.2) is 0 Å². The van der Waals surface area contributed by atoms with E-state index in [1.165, 1.54) is 0 Å². The Hall–Kier alpha value is -4.38. The van der Waals surface area contributed by atoms with Crippen LogP contribution < -0.4 is 10.1 Å². The second-order valence-electron chi connectivity index (χ2n) is 8.85. The molecule has 0 aliphatic heterocycles. The van der Waals surface area contributed by atoms with Crippen molar-refractivity contribution in [1.29, 1.82) is 0 Å². The number of methoxy groups -OCH3 is 1. The smallest absolute Gasteiger partial charge is 0.220 e. The Balaban J connectivity index is 1.48. The molecule has 0 saturated heterocycles. The highest BCUT2D eigenvalue weighted by molar-refractivity contribution is 5.77. The molecule has 0 spiro atoms. The maximum absolute atomic E-state index is 12.9. The average molecular weight is 476 g/mol. The molecule has 0 saturated carbocycles. The van der Waals surface area contributed by atoms with Crippen LogP contribution in [0, 0.1) is 0 Å². The summed E-state index contributed by atoms with van der Waals surface area (Å²) < 4.78 is 7.57. The van der Waals surface area contributed by atoms with Crippen molar-refractivity contribution in [2.75, 3.05) is 7.11 Å². The largest absolute Gasteiger partial charge is 0.497 e. The Morgan fingerprint density at radius 2 is 1.61 bits per heavy atom. The number of ether oxygens (including phenoxy) is 1. The lowest BCUT2D eigenvalue weighted by molar-refractivity contribution is -0.121. The molecule has 0 radical (unpaired) electrons. The van der Waals surface area contributed by atoms with Crippen LogP contribution >= 0.6 is 0 Å². The van der Waals surface area contributed by atoms with Gasteiger partial charge in [0.05, 0.1) is 24.5 Å². The first kappa shape index (κ1) is 23.4. The van der Waals surface area contributed by atoms with E-state index in [2.05, 4.69) is 34.1 Å². The fourth-order valence-corrected chi connectivity index (χ4v) is 4.51. The molecule has 180 valence electrons. The maximum atomic E-state index is 12.9. The summed E-state index contributed by atoms with van der Waals surface area (Å²) in [5.41, 5.74) is 7.00. The first-order valence-corrected chi connectivity index (χ1v) is 12.2. The summed E-state index contributed by atoms with van der Waals surface area (Å²) in [7, 11) is 1.66. The van der Waals surface area contributed by atoms with Crippen LogP contribution in [0.2, 0.25) is 0 Å². The first-order chi connectivity index (χ1) is 17.6. The molecule has 1 N–H and O–H groups in total. The molecule has 3 aromatic carbocycles. The highest BCUT2D eigenvalue weighted by atomic mass is 16.5. The van der Waals surface area contributed by atoms with Crippen molar-refractivity contribution >= 4 is 11.6 Å². The lowest BCUT2D eigenvalue weighted by Gasteiger charge is -2.14. The predicted molar refractivity (Wildman–Crippen MR) is 144 cm³/mol. The van der Waals surface area contributed by atoms with Crippen LogP contribution in [0.15, 0.2) is 103 Å². The molecular weight excluding hydrogens is 446 g/mol. The fraction of sp³-hybridized carbons (Fsp3) is 0.161. The molecule has 5 heteroatoms. The van der Waals surface area contributed by atoms with Gasteiger partial charge in [0.2, 0.25) is 5.91 Å². The Labute approximate surface area is 211 Å². The number of imidazole rings is 1. The molecule has 2 heterocycles. The van der Waals surface area contributed by atoms with Gasteiger partial charge in [-0.25, -0.2) is 4.98 Å². The summed E-state index contributed by atoms with van der Waals surface area (Å²) >= 11 is 0. The van der Waals surface area contributed by atoms with Crippen LogP contribution in [0.5, 0.6) is 5.75 Å². The Morgan fingerprint density at radius 1 is 0.889 bits per heavy atom. The van der Waals surface area contributed by atoms with E-state index in [4.69, 9.17) is 9.72 Å². The van der Waals surface area contributed by atoms with E-state index in [1.807, 2.05) is 85.8 Å². The molecule has 5 rings (SSSR count). The van der Waals surface area contributed by atoms with Crippen LogP contribution in [0.25, 0.3) is 28.0 Å². The second-order valence-corrected chi connectivity index (χ2v) is 8.85. The topological polar surface area (TPSA) is 55.6 Å². The molecule has 5 nitrogen and oxygen atoms in total. The van der Waals surface area contributed by atoms with E-state index in [9.17, 15) is 4.79 Å². The Morgan fingerprint density at radius 3 is 2.36 bits per heavy atom. The molecule has 0 aliphatic rings. The lowest BCUT2D eigenvalue weighted by atomic mass is 10.1. The average Bonchev–Trinajstić information content (AvgIpc) is 3.30.